The molecule has 1 aliphatic heterocycles. The smallest absolute Gasteiger partial charge is 0.328 e. The summed E-state index contributed by atoms with van der Waals surface area (Å²) in [6, 6.07) is 12.0. The van der Waals surface area contributed by atoms with Crippen molar-refractivity contribution in [2.24, 2.45) is 0 Å². The summed E-state index contributed by atoms with van der Waals surface area (Å²) in [5, 5.41) is 2.73. The van der Waals surface area contributed by atoms with Crippen LogP contribution in [0.1, 0.15) is 22.3 Å². The Hall–Kier alpha value is -2.54. The predicted molar refractivity (Wildman–Crippen MR) is 104 cm³/mol. The second-order valence-corrected chi connectivity index (χ2v) is 7.38. The molecule has 2 atom stereocenters. The highest BCUT2D eigenvalue weighted by Crippen LogP contribution is 2.22. The van der Waals surface area contributed by atoms with Crippen LogP contribution in [0.5, 0.6) is 5.88 Å². The summed E-state index contributed by atoms with van der Waals surface area (Å²) in [6.07, 6.45) is 3.00. The highest BCUT2D eigenvalue weighted by molar-refractivity contribution is 7.99. The Morgan fingerprint density at radius 3 is 2.70 bits per heavy atom. The van der Waals surface area contributed by atoms with Gasteiger partial charge in [-0.15, -0.1) is 0 Å². The average molecular weight is 386 g/mol. The van der Waals surface area contributed by atoms with E-state index in [1.807, 2.05) is 42.1 Å². The number of ether oxygens (including phenoxy) is 2. The molecule has 2 aromatic rings. The maximum atomic E-state index is 12.5. The quantitative estimate of drug-likeness (QED) is 0.737. The normalized spacial score (nSPS) is 17.1. The van der Waals surface area contributed by atoms with Crippen molar-refractivity contribution in [2.75, 3.05) is 18.6 Å². The number of methoxy groups -OCH3 is 1. The number of hydrogen-bond donors (Lipinski definition) is 1. The van der Waals surface area contributed by atoms with E-state index in [0.29, 0.717) is 17.9 Å². The van der Waals surface area contributed by atoms with Gasteiger partial charge in [-0.3, -0.25) is 4.79 Å². The third kappa shape index (κ3) is 5.47. The predicted octanol–water partition coefficient (Wildman–Crippen LogP) is 2.48. The summed E-state index contributed by atoms with van der Waals surface area (Å²) in [5.41, 5.74) is 1.30. The van der Waals surface area contributed by atoms with Crippen LogP contribution in [0.4, 0.5) is 0 Å². The van der Waals surface area contributed by atoms with Gasteiger partial charge in [0.15, 0.2) is 0 Å². The molecule has 142 valence electrons. The Morgan fingerprint density at radius 1 is 1.26 bits per heavy atom. The van der Waals surface area contributed by atoms with Crippen molar-refractivity contribution in [3.05, 3.63) is 59.8 Å². The van der Waals surface area contributed by atoms with E-state index in [-0.39, 0.29) is 12.0 Å². The number of carbonyl (C=O) groups is 2. The maximum absolute atomic E-state index is 12.5. The molecule has 1 saturated heterocycles. The number of carbonyl (C=O) groups excluding carboxylic acids is 2. The number of aromatic nitrogens is 1. The zero-order valence-electron chi connectivity index (χ0n) is 15.1. The standard InChI is InChI=1S/C20H22N2O4S/c1-25-20(24)17(11-14-5-3-2-4-6-14)22-19(23)15-7-8-18(21-12-15)26-16-9-10-27-13-16/h2-8,12,16-17H,9-11,13H2,1H3,(H,22,23). The fourth-order valence-electron chi connectivity index (χ4n) is 2.79. The molecule has 2 heterocycles. The van der Waals surface area contributed by atoms with Crippen LogP contribution in [0.2, 0.25) is 0 Å². The number of thioether (sulfide) groups is 1. The summed E-state index contributed by atoms with van der Waals surface area (Å²) < 4.78 is 10.6. The first kappa shape index (κ1) is 19.2. The van der Waals surface area contributed by atoms with Gasteiger partial charge in [0.25, 0.3) is 5.91 Å². The van der Waals surface area contributed by atoms with Gasteiger partial charge in [0.2, 0.25) is 5.88 Å². The van der Waals surface area contributed by atoms with E-state index in [1.165, 1.54) is 13.3 Å². The lowest BCUT2D eigenvalue weighted by Crippen LogP contribution is -2.43. The summed E-state index contributed by atoms with van der Waals surface area (Å²) in [7, 11) is 1.31. The van der Waals surface area contributed by atoms with E-state index in [9.17, 15) is 9.59 Å². The minimum Gasteiger partial charge on any atom is -0.473 e. The van der Waals surface area contributed by atoms with E-state index < -0.39 is 12.0 Å². The molecule has 7 heteroatoms. The number of pyridine rings is 1. The number of amides is 1. The van der Waals surface area contributed by atoms with Crippen molar-refractivity contribution in [1.29, 1.82) is 0 Å². The zero-order valence-corrected chi connectivity index (χ0v) is 15.9. The van der Waals surface area contributed by atoms with Crippen molar-refractivity contribution >= 4 is 23.6 Å². The number of rotatable bonds is 7. The van der Waals surface area contributed by atoms with Gasteiger partial charge in [0, 0.05) is 24.4 Å². The number of esters is 1. The summed E-state index contributed by atoms with van der Waals surface area (Å²) in [6.45, 7) is 0. The van der Waals surface area contributed by atoms with Crippen molar-refractivity contribution in [3.63, 3.8) is 0 Å². The average Bonchev–Trinajstić information content (AvgIpc) is 3.21. The number of nitrogens with one attached hydrogen (secondary N) is 1. The molecule has 1 N–H and O–H groups in total. The molecule has 1 aromatic carbocycles. The first-order chi connectivity index (χ1) is 13.2. The van der Waals surface area contributed by atoms with Crippen LogP contribution < -0.4 is 10.1 Å². The minimum atomic E-state index is -0.767. The van der Waals surface area contributed by atoms with E-state index in [2.05, 4.69) is 10.3 Å². The Balaban J connectivity index is 1.63. The van der Waals surface area contributed by atoms with E-state index in [4.69, 9.17) is 9.47 Å². The van der Waals surface area contributed by atoms with Crippen molar-refractivity contribution in [2.45, 2.75) is 25.0 Å². The Kier molecular flexibility index (Phi) is 6.70. The van der Waals surface area contributed by atoms with Crippen LogP contribution in [0.25, 0.3) is 0 Å². The van der Waals surface area contributed by atoms with Gasteiger partial charge in [0.1, 0.15) is 12.1 Å². The van der Waals surface area contributed by atoms with Crippen LogP contribution >= 0.6 is 11.8 Å². The highest BCUT2D eigenvalue weighted by atomic mass is 32.2. The van der Waals surface area contributed by atoms with Gasteiger partial charge in [-0.2, -0.15) is 11.8 Å². The third-order valence-corrected chi connectivity index (χ3v) is 5.38. The second kappa shape index (κ2) is 9.41. The summed E-state index contributed by atoms with van der Waals surface area (Å²) in [5.74, 6) is 1.70. The fourth-order valence-corrected chi connectivity index (χ4v) is 3.88. The molecular formula is C20H22N2O4S. The monoisotopic (exact) mass is 386 g/mol. The number of hydrogen-bond acceptors (Lipinski definition) is 6. The van der Waals surface area contributed by atoms with Crippen LogP contribution in [0, 0.1) is 0 Å². The maximum Gasteiger partial charge on any atom is 0.328 e. The van der Waals surface area contributed by atoms with E-state index in [1.54, 1.807) is 12.1 Å². The Morgan fingerprint density at radius 2 is 2.07 bits per heavy atom. The largest absolute Gasteiger partial charge is 0.473 e. The summed E-state index contributed by atoms with van der Waals surface area (Å²) in [4.78, 5) is 28.8. The van der Waals surface area contributed by atoms with Gasteiger partial charge in [-0.05, 0) is 23.8 Å². The molecule has 1 aliphatic rings. The molecule has 6 nitrogen and oxygen atoms in total. The molecule has 1 aromatic heterocycles. The highest BCUT2D eigenvalue weighted by Gasteiger charge is 2.23. The molecule has 0 bridgehead atoms. The van der Waals surface area contributed by atoms with Gasteiger partial charge in [-0.1, -0.05) is 30.3 Å². The second-order valence-electron chi connectivity index (χ2n) is 6.23. The molecule has 3 rings (SSSR count). The van der Waals surface area contributed by atoms with Crippen LogP contribution in [-0.4, -0.2) is 47.6 Å². The summed E-state index contributed by atoms with van der Waals surface area (Å²) >= 11 is 1.86. The molecule has 0 saturated carbocycles. The van der Waals surface area contributed by atoms with Crippen molar-refractivity contribution in [1.82, 2.24) is 10.3 Å². The van der Waals surface area contributed by atoms with E-state index in [0.717, 1.165) is 23.5 Å². The molecule has 27 heavy (non-hydrogen) atoms. The van der Waals surface area contributed by atoms with E-state index >= 15 is 0 Å². The molecule has 0 aliphatic carbocycles. The van der Waals surface area contributed by atoms with Gasteiger partial charge < -0.3 is 14.8 Å². The Bertz CT molecular complexity index is 761. The van der Waals surface area contributed by atoms with Crippen molar-refractivity contribution in [3.8, 4) is 5.88 Å². The number of nitrogens with zero attached hydrogens (tertiary/aromatic N) is 1. The lowest BCUT2D eigenvalue weighted by atomic mass is 10.1. The third-order valence-electron chi connectivity index (χ3n) is 4.25. The van der Waals surface area contributed by atoms with Gasteiger partial charge >= 0.3 is 5.97 Å². The molecule has 0 radical (unpaired) electrons. The zero-order chi connectivity index (χ0) is 19.1. The van der Waals surface area contributed by atoms with Gasteiger partial charge in [-0.25, -0.2) is 9.78 Å². The van der Waals surface area contributed by atoms with Crippen LogP contribution in [0.15, 0.2) is 48.7 Å². The topological polar surface area (TPSA) is 77.5 Å². The van der Waals surface area contributed by atoms with Crippen molar-refractivity contribution < 1.29 is 19.1 Å². The molecule has 1 amide bonds. The molecule has 1 fully saturated rings. The SMILES string of the molecule is COC(=O)C(Cc1ccccc1)NC(=O)c1ccc(OC2CCSC2)nc1. The lowest BCUT2D eigenvalue weighted by molar-refractivity contribution is -0.142. The van der Waals surface area contributed by atoms with Crippen LogP contribution in [0.3, 0.4) is 0 Å². The molecule has 2 unspecified atom stereocenters. The first-order valence-corrected chi connectivity index (χ1v) is 9.94. The molecule has 0 spiro atoms. The van der Waals surface area contributed by atoms with Gasteiger partial charge in [0.05, 0.1) is 12.7 Å². The Labute approximate surface area is 162 Å². The fraction of sp³-hybridized carbons (Fsp3) is 0.350. The first-order valence-electron chi connectivity index (χ1n) is 8.79. The lowest BCUT2D eigenvalue weighted by Gasteiger charge is -2.17. The minimum absolute atomic E-state index is 0.178. The number of benzene rings is 1. The van der Waals surface area contributed by atoms with Crippen LogP contribution in [-0.2, 0) is 16.0 Å². The molecular weight excluding hydrogens is 364 g/mol.